The summed E-state index contributed by atoms with van der Waals surface area (Å²) in [5.74, 6) is 0. The standard InChI is InChI=1S/C4H2N.C2H2N.8W/c1-3-4(2)5;1-2-3;;;;;;;;/h1,3H;1-2H;;;;;;;;/q2*-1;;;;;;;;. The molecule has 0 bridgehead atoms. The van der Waals surface area contributed by atoms with Crippen molar-refractivity contribution < 1.29 is 143 Å². The van der Waals surface area contributed by atoms with Gasteiger partial charge in [-0.3, -0.25) is 0 Å². The second-order valence-corrected chi connectivity index (χ2v) is 4.51. The van der Waals surface area contributed by atoms with Gasteiger partial charge in [0.15, 0.2) is 0 Å². The molecule has 10 heteroatoms. The summed E-state index contributed by atoms with van der Waals surface area (Å²) in [6, 6.07) is 0. The van der Waals surface area contributed by atoms with Crippen molar-refractivity contribution in [2.24, 2.45) is 3.50 Å². The van der Waals surface area contributed by atoms with Crippen molar-refractivity contribution in [2.45, 2.75) is 0 Å². The van der Waals surface area contributed by atoms with Gasteiger partial charge in [-0.05, 0) is 0 Å². The van der Waals surface area contributed by atoms with E-state index in [1.54, 1.807) is 69.3 Å². The molecule has 0 radical (unpaired) electrons. The molecule has 16 heavy (non-hydrogen) atoms. The molecular weight excluding hydrogens is 1570 g/mol. The molecule has 0 spiro atoms. The van der Waals surface area contributed by atoms with Crippen LogP contribution in [0.5, 0.6) is 0 Å². The van der Waals surface area contributed by atoms with E-state index in [2.05, 4.69) is 12.3 Å². The first kappa shape index (κ1) is 28.5. The molecule has 0 aromatic carbocycles. The van der Waals surface area contributed by atoms with Gasteiger partial charge in [-0.15, -0.1) is 0 Å². The van der Waals surface area contributed by atoms with Crippen molar-refractivity contribution in [3.05, 3.63) is 17.2 Å². The third-order valence-electron chi connectivity index (χ3n) is 0.490. The molecular formula is C6H4N2W8-2. The first-order valence-electron chi connectivity index (χ1n) is 2.88. The van der Waals surface area contributed by atoms with Crippen molar-refractivity contribution in [3.63, 3.8) is 0 Å². The molecule has 0 aromatic rings. The van der Waals surface area contributed by atoms with Crippen LogP contribution in [-0.4, -0.2) is 19.4 Å². The predicted octanol–water partition coefficient (Wildman–Crippen LogP) is 0.141. The van der Waals surface area contributed by atoms with Gasteiger partial charge in [0.2, 0.25) is 0 Å². The number of hydrogen-bond donors (Lipinski definition) is 0. The molecule has 0 aromatic heterocycles. The fourth-order valence-corrected chi connectivity index (χ4v) is 2.30. The zero-order valence-electron chi connectivity index (χ0n) is 7.47. The van der Waals surface area contributed by atoms with Gasteiger partial charge in [0.25, 0.3) is 0 Å². The average Bonchev–Trinajstić information content (AvgIpc) is 2.41. The fourth-order valence-electron chi connectivity index (χ4n) is 0.148. The number of allylic oxidation sites excluding steroid dienone is 2. The molecule has 0 rings (SSSR count). The summed E-state index contributed by atoms with van der Waals surface area (Å²) in [5, 5.41) is 7.72. The van der Waals surface area contributed by atoms with Crippen LogP contribution in [0.2, 0.25) is 0 Å². The quantitative estimate of drug-likeness (QED) is 0.285. The summed E-state index contributed by atoms with van der Waals surface area (Å²) >= 11 is 12.0. The topological polar surface area (TPSA) is 34.7 Å². The molecule has 0 N–H and O–H groups in total. The summed E-state index contributed by atoms with van der Waals surface area (Å²) < 4.78 is 10.8. The molecule has 0 heterocycles. The van der Waals surface area contributed by atoms with Crippen molar-refractivity contribution in [1.82, 2.24) is 0 Å². The molecule has 0 fully saturated rings. The first-order chi connectivity index (χ1) is 7.76. The van der Waals surface area contributed by atoms with Crippen molar-refractivity contribution in [1.29, 1.82) is 0 Å². The van der Waals surface area contributed by atoms with Crippen LogP contribution in [0.1, 0.15) is 0 Å². The average molecular weight is 1570 g/mol. The Kier molecular flexibility index (Phi) is 65.1. The van der Waals surface area contributed by atoms with Crippen LogP contribution in [0.3, 0.4) is 0 Å². The summed E-state index contributed by atoms with van der Waals surface area (Å²) in [5.41, 5.74) is 1.00. The molecule has 0 aliphatic carbocycles. The molecule has 0 unspecified atom stereocenters. The summed E-state index contributed by atoms with van der Waals surface area (Å²) in [7, 11) is 0. The molecule has 2 nitrogen and oxygen atoms in total. The van der Waals surface area contributed by atoms with E-state index < -0.39 is 0 Å². The molecule has 0 aliphatic rings. The maximum absolute atomic E-state index is 7.72. The molecule has 0 atom stereocenters. The number of rotatable bonds is 4. The zero-order valence-corrected chi connectivity index (χ0v) is 30.9. The van der Waals surface area contributed by atoms with Gasteiger partial charge in [-0.1, -0.05) is 0 Å². The van der Waals surface area contributed by atoms with E-state index >= 15 is 0 Å². The van der Waals surface area contributed by atoms with Gasteiger partial charge < -0.3 is 0 Å². The van der Waals surface area contributed by atoms with Crippen LogP contribution in [0.25, 0.3) is 5.41 Å². The predicted molar refractivity (Wildman–Crippen MR) is 37.1 cm³/mol. The Bertz CT molecular complexity index is 221. The van der Waals surface area contributed by atoms with E-state index in [1.165, 1.54) is 77.7 Å². The third kappa shape index (κ3) is 36.2. The third-order valence-corrected chi connectivity index (χ3v) is 2.87. The van der Waals surface area contributed by atoms with E-state index in [1.807, 2.05) is 6.08 Å². The molecule has 0 amide bonds. The molecule has 0 saturated carbocycles. The van der Waals surface area contributed by atoms with Crippen LogP contribution in [0.15, 0.2) is 15.3 Å². The Labute approximate surface area is 178 Å². The van der Waals surface area contributed by atoms with Crippen molar-refractivity contribution in [3.8, 4) is 0 Å². The van der Waals surface area contributed by atoms with E-state index in [4.69, 9.17) is 5.41 Å². The Balaban J connectivity index is -0.0000000761. The van der Waals surface area contributed by atoms with E-state index in [0.29, 0.717) is 0 Å². The number of nitrogens with zero attached hydrogens (tertiary/aromatic N) is 2. The monoisotopic (exact) mass is 1580 g/mol. The van der Waals surface area contributed by atoms with Crippen molar-refractivity contribution >= 4 is 19.4 Å². The van der Waals surface area contributed by atoms with E-state index in [-0.39, 0.29) is 0 Å². The van der Waals surface area contributed by atoms with Gasteiger partial charge >= 0.3 is 183 Å². The van der Waals surface area contributed by atoms with Gasteiger partial charge in [-0.2, -0.15) is 0 Å². The van der Waals surface area contributed by atoms with Crippen LogP contribution in [0.4, 0.5) is 0 Å². The normalized spacial score (nSPS) is 6.88. The second-order valence-electron chi connectivity index (χ2n) is 1.17. The summed E-state index contributed by atoms with van der Waals surface area (Å²) in [6.45, 7) is 0. The molecule has 0 aliphatic heterocycles. The fraction of sp³-hybridized carbons (Fsp3) is 0. The van der Waals surface area contributed by atoms with E-state index in [9.17, 15) is 0 Å². The van der Waals surface area contributed by atoms with Gasteiger partial charge in [0.1, 0.15) is 0 Å². The van der Waals surface area contributed by atoms with Crippen LogP contribution in [-0.2, 0) is 143 Å². The Morgan fingerprint density at radius 1 is 1.06 bits per heavy atom. The second kappa shape index (κ2) is 36.5. The Morgan fingerprint density at radius 3 is 1.50 bits per heavy atom. The summed E-state index contributed by atoms with van der Waals surface area (Å²) in [4.78, 5) is 0. The van der Waals surface area contributed by atoms with Crippen LogP contribution < -0.4 is 0 Å². The SMILES string of the molecule is [N-]=C[CH]=[W].[W]=[C-]C(=C[CH]=[W])[N]=[W].[W]=[W].[W]=[W]. The molecule has 0 saturated heterocycles. The minimum absolute atomic E-state index is 1.00. The first-order valence-corrected chi connectivity index (χ1v) is 31.0. The Morgan fingerprint density at radius 2 is 1.44 bits per heavy atom. The van der Waals surface area contributed by atoms with E-state index in [0.717, 1.165) is 11.9 Å². The van der Waals surface area contributed by atoms with Crippen LogP contribution >= 0.6 is 0 Å². The number of hydrogen-bond acceptors (Lipinski definition) is 1. The minimum atomic E-state index is 1.00. The maximum atomic E-state index is 7.72. The van der Waals surface area contributed by atoms with Gasteiger partial charge in [-0.25, -0.2) is 0 Å². The van der Waals surface area contributed by atoms with Gasteiger partial charge in [0.05, 0.1) is 0 Å². The Hall–Kier alpha value is 4.33. The van der Waals surface area contributed by atoms with Gasteiger partial charge in [0, 0.05) is 0 Å². The summed E-state index contributed by atoms with van der Waals surface area (Å²) in [6.07, 6.45) is 3.03. The van der Waals surface area contributed by atoms with Crippen molar-refractivity contribution in [2.75, 3.05) is 0 Å². The van der Waals surface area contributed by atoms with Crippen LogP contribution in [0, 0.1) is 0 Å². The molecule has 88 valence electrons. The zero-order chi connectivity index (χ0) is 13.8.